The van der Waals surface area contributed by atoms with Crippen LogP contribution in [-0.2, 0) is 6.18 Å². The number of hydrogen-bond donors (Lipinski definition) is 2. The number of aromatic nitrogens is 1. The van der Waals surface area contributed by atoms with Crippen molar-refractivity contribution >= 4 is 29.0 Å². The molecule has 0 fully saturated rings. The molecule has 1 amide bonds. The molecule has 2 aromatic rings. The standard InChI is InChI=1S/C13H9ClF3N3O/c14-10-6-19-11(18)5-9(10)12(21)20-8-3-1-2-7(4-8)13(15,16)17/h1-6H,(H2,18,19)(H,20,21). The van der Waals surface area contributed by atoms with Crippen LogP contribution in [0, 0.1) is 0 Å². The molecule has 1 heterocycles. The lowest BCUT2D eigenvalue weighted by Crippen LogP contribution is -2.14. The van der Waals surface area contributed by atoms with E-state index in [-0.39, 0.29) is 22.1 Å². The van der Waals surface area contributed by atoms with Gasteiger partial charge in [-0.1, -0.05) is 17.7 Å². The SMILES string of the molecule is Nc1cc(C(=O)Nc2cccc(C(F)(F)F)c2)c(Cl)cn1. The third-order valence-corrected chi connectivity index (χ3v) is 2.87. The second kappa shape index (κ2) is 5.61. The van der Waals surface area contributed by atoms with Crippen LogP contribution in [-0.4, -0.2) is 10.9 Å². The van der Waals surface area contributed by atoms with Crippen molar-refractivity contribution in [1.82, 2.24) is 4.98 Å². The Morgan fingerprint density at radius 2 is 2.00 bits per heavy atom. The fourth-order valence-electron chi connectivity index (χ4n) is 1.60. The molecular formula is C13H9ClF3N3O. The summed E-state index contributed by atoms with van der Waals surface area (Å²) in [7, 11) is 0. The minimum absolute atomic E-state index is 0.00118. The number of pyridine rings is 1. The van der Waals surface area contributed by atoms with Gasteiger partial charge in [0.05, 0.1) is 16.1 Å². The molecule has 1 aromatic heterocycles. The summed E-state index contributed by atoms with van der Waals surface area (Å²) in [4.78, 5) is 15.7. The number of nitrogens with one attached hydrogen (secondary N) is 1. The van der Waals surface area contributed by atoms with Crippen LogP contribution in [0.25, 0.3) is 0 Å². The summed E-state index contributed by atoms with van der Waals surface area (Å²) in [5.41, 5.74) is 4.61. The highest BCUT2D eigenvalue weighted by Gasteiger charge is 2.30. The number of nitrogens with two attached hydrogens (primary N) is 1. The molecule has 1 aromatic carbocycles. The van der Waals surface area contributed by atoms with E-state index in [0.29, 0.717) is 0 Å². The Labute approximate surface area is 122 Å². The topological polar surface area (TPSA) is 68.0 Å². The molecule has 0 saturated carbocycles. The van der Waals surface area contributed by atoms with Gasteiger partial charge in [-0.15, -0.1) is 0 Å². The van der Waals surface area contributed by atoms with Crippen LogP contribution in [0.3, 0.4) is 0 Å². The van der Waals surface area contributed by atoms with Crippen molar-refractivity contribution < 1.29 is 18.0 Å². The van der Waals surface area contributed by atoms with Gasteiger partial charge in [0.25, 0.3) is 5.91 Å². The van der Waals surface area contributed by atoms with Crippen molar-refractivity contribution in [3.63, 3.8) is 0 Å². The molecular weight excluding hydrogens is 307 g/mol. The number of nitrogens with zero attached hydrogens (tertiary/aromatic N) is 1. The molecule has 0 radical (unpaired) electrons. The molecule has 0 aliphatic rings. The van der Waals surface area contributed by atoms with Crippen LogP contribution >= 0.6 is 11.6 Å². The van der Waals surface area contributed by atoms with Crippen molar-refractivity contribution in [3.05, 3.63) is 52.7 Å². The largest absolute Gasteiger partial charge is 0.416 e. The summed E-state index contributed by atoms with van der Waals surface area (Å²) >= 11 is 5.80. The Kier molecular flexibility index (Phi) is 4.04. The Hall–Kier alpha value is -2.28. The molecule has 21 heavy (non-hydrogen) atoms. The molecule has 0 aliphatic carbocycles. The van der Waals surface area contributed by atoms with E-state index >= 15 is 0 Å². The zero-order valence-corrected chi connectivity index (χ0v) is 11.2. The lowest BCUT2D eigenvalue weighted by Gasteiger charge is -2.10. The van der Waals surface area contributed by atoms with Crippen LogP contribution in [0.4, 0.5) is 24.7 Å². The van der Waals surface area contributed by atoms with Crippen molar-refractivity contribution in [2.75, 3.05) is 11.1 Å². The van der Waals surface area contributed by atoms with Crippen molar-refractivity contribution in [3.8, 4) is 0 Å². The Balaban J connectivity index is 2.26. The molecule has 0 aliphatic heterocycles. The van der Waals surface area contributed by atoms with Gasteiger partial charge in [-0.3, -0.25) is 4.79 Å². The van der Waals surface area contributed by atoms with Crippen LogP contribution in [0.5, 0.6) is 0 Å². The quantitative estimate of drug-likeness (QED) is 0.890. The number of nitrogen functional groups attached to an aromatic ring is 1. The molecule has 0 saturated heterocycles. The average Bonchev–Trinajstić information content (AvgIpc) is 2.41. The summed E-state index contributed by atoms with van der Waals surface area (Å²) in [6, 6.07) is 5.52. The van der Waals surface area contributed by atoms with Gasteiger partial charge >= 0.3 is 6.18 Å². The summed E-state index contributed by atoms with van der Waals surface area (Å²) < 4.78 is 37.8. The summed E-state index contributed by atoms with van der Waals surface area (Å²) in [6.07, 6.45) is -3.29. The molecule has 110 valence electrons. The fraction of sp³-hybridized carbons (Fsp3) is 0.0769. The number of hydrogen-bond acceptors (Lipinski definition) is 3. The van der Waals surface area contributed by atoms with E-state index in [4.69, 9.17) is 17.3 Å². The van der Waals surface area contributed by atoms with Gasteiger partial charge in [-0.05, 0) is 24.3 Å². The number of carbonyl (C=O) groups is 1. The van der Waals surface area contributed by atoms with Gasteiger partial charge in [-0.25, -0.2) is 4.98 Å². The number of halogens is 4. The minimum atomic E-state index is -4.49. The van der Waals surface area contributed by atoms with Crippen molar-refractivity contribution in [2.45, 2.75) is 6.18 Å². The van der Waals surface area contributed by atoms with Gasteiger partial charge in [0.1, 0.15) is 5.82 Å². The molecule has 2 rings (SSSR count). The summed E-state index contributed by atoms with van der Waals surface area (Å²) in [6.45, 7) is 0. The third kappa shape index (κ3) is 3.63. The molecule has 0 bridgehead atoms. The maximum Gasteiger partial charge on any atom is 0.416 e. The van der Waals surface area contributed by atoms with Crippen molar-refractivity contribution in [1.29, 1.82) is 0 Å². The maximum atomic E-state index is 12.6. The number of benzene rings is 1. The second-order valence-corrected chi connectivity index (χ2v) is 4.53. The molecule has 4 nitrogen and oxygen atoms in total. The lowest BCUT2D eigenvalue weighted by atomic mass is 10.2. The van der Waals surface area contributed by atoms with Gasteiger partial charge in [-0.2, -0.15) is 13.2 Å². The van der Waals surface area contributed by atoms with Crippen LogP contribution in [0.2, 0.25) is 5.02 Å². The average molecular weight is 316 g/mol. The van der Waals surface area contributed by atoms with Gasteiger partial charge in [0, 0.05) is 11.9 Å². The first-order valence-corrected chi connectivity index (χ1v) is 6.05. The number of carbonyl (C=O) groups excluding carboxylic acids is 1. The van der Waals surface area contributed by atoms with Gasteiger partial charge < -0.3 is 11.1 Å². The number of rotatable bonds is 2. The molecule has 0 atom stereocenters. The monoisotopic (exact) mass is 315 g/mol. The van der Waals surface area contributed by atoms with E-state index < -0.39 is 17.6 Å². The number of alkyl halides is 3. The highest BCUT2D eigenvalue weighted by Crippen LogP contribution is 2.30. The minimum Gasteiger partial charge on any atom is -0.384 e. The van der Waals surface area contributed by atoms with E-state index in [1.54, 1.807) is 0 Å². The van der Waals surface area contributed by atoms with Crippen LogP contribution < -0.4 is 11.1 Å². The predicted octanol–water partition coefficient (Wildman–Crippen LogP) is 3.59. The number of amides is 1. The Morgan fingerprint density at radius 3 is 2.67 bits per heavy atom. The molecule has 3 N–H and O–H groups in total. The normalized spacial score (nSPS) is 11.2. The van der Waals surface area contributed by atoms with Gasteiger partial charge in [0.2, 0.25) is 0 Å². The van der Waals surface area contributed by atoms with E-state index in [2.05, 4.69) is 10.3 Å². The van der Waals surface area contributed by atoms with Crippen molar-refractivity contribution in [2.24, 2.45) is 0 Å². The van der Waals surface area contributed by atoms with E-state index in [1.165, 1.54) is 24.4 Å². The Morgan fingerprint density at radius 1 is 1.29 bits per heavy atom. The first-order valence-electron chi connectivity index (χ1n) is 5.67. The zero-order chi connectivity index (χ0) is 15.6. The van der Waals surface area contributed by atoms with E-state index in [1.807, 2.05) is 0 Å². The smallest absolute Gasteiger partial charge is 0.384 e. The lowest BCUT2D eigenvalue weighted by molar-refractivity contribution is -0.137. The summed E-state index contributed by atoms with van der Waals surface area (Å²) in [5, 5.41) is 2.38. The highest BCUT2D eigenvalue weighted by atomic mass is 35.5. The van der Waals surface area contributed by atoms with E-state index in [9.17, 15) is 18.0 Å². The van der Waals surface area contributed by atoms with E-state index in [0.717, 1.165) is 12.1 Å². The van der Waals surface area contributed by atoms with Crippen LogP contribution in [0.1, 0.15) is 15.9 Å². The first kappa shape index (κ1) is 15.1. The zero-order valence-electron chi connectivity index (χ0n) is 10.4. The number of anilines is 2. The molecule has 0 unspecified atom stereocenters. The first-order chi connectivity index (χ1) is 9.77. The Bertz CT molecular complexity index is 689. The summed E-state index contributed by atoms with van der Waals surface area (Å²) in [5.74, 6) is -0.595. The third-order valence-electron chi connectivity index (χ3n) is 2.57. The predicted molar refractivity (Wildman–Crippen MR) is 73.1 cm³/mol. The highest BCUT2D eigenvalue weighted by molar-refractivity contribution is 6.34. The maximum absolute atomic E-state index is 12.6. The van der Waals surface area contributed by atoms with Gasteiger partial charge in [0.15, 0.2) is 0 Å². The van der Waals surface area contributed by atoms with Crippen LogP contribution in [0.15, 0.2) is 36.5 Å². The second-order valence-electron chi connectivity index (χ2n) is 4.12. The molecule has 8 heteroatoms. The fourth-order valence-corrected chi connectivity index (χ4v) is 1.79. The molecule has 0 spiro atoms.